The second-order valence-corrected chi connectivity index (χ2v) is 8.40. The van der Waals surface area contributed by atoms with Crippen molar-refractivity contribution in [1.29, 1.82) is 0 Å². The number of aromatic nitrogens is 2. The van der Waals surface area contributed by atoms with Crippen LogP contribution in [0.4, 0.5) is 4.79 Å². The lowest BCUT2D eigenvalue weighted by Gasteiger charge is -2.36. The quantitative estimate of drug-likeness (QED) is 0.358. The Morgan fingerprint density at radius 2 is 1.77 bits per heavy atom. The molecule has 2 N–H and O–H groups in total. The van der Waals surface area contributed by atoms with Gasteiger partial charge in [0.25, 0.3) is 0 Å². The first-order valence-electron chi connectivity index (χ1n) is 10.4. The SMILES string of the molecule is CC(C)(C)OC(=O)N1CCN(C(N)=NCCc2nccn2Cc2ccccc2)CC1.I. The Morgan fingerprint density at radius 3 is 2.42 bits per heavy atom. The van der Waals surface area contributed by atoms with Crippen molar-refractivity contribution in [3.63, 3.8) is 0 Å². The Labute approximate surface area is 201 Å². The zero-order valence-electron chi connectivity index (χ0n) is 18.5. The fraction of sp³-hybridized carbons (Fsp3) is 0.500. The molecule has 3 rings (SSSR count). The van der Waals surface area contributed by atoms with E-state index in [-0.39, 0.29) is 30.1 Å². The average Bonchev–Trinajstić information content (AvgIpc) is 3.14. The summed E-state index contributed by atoms with van der Waals surface area (Å²) < 4.78 is 7.57. The standard InChI is InChI=1S/C22H32N6O2.HI/c1-22(2,3)30-21(29)27-15-13-26(14-16-27)20(23)25-10-9-19-24-11-12-28(19)17-18-7-5-4-6-8-18;/h4-8,11-12H,9-10,13-17H2,1-3H3,(H2,23,25);1H. The number of piperazine rings is 1. The third kappa shape index (κ3) is 7.71. The molecule has 9 heteroatoms. The van der Waals surface area contributed by atoms with Gasteiger partial charge in [0.05, 0.1) is 0 Å². The largest absolute Gasteiger partial charge is 0.444 e. The number of aliphatic imine (C=N–C) groups is 1. The van der Waals surface area contributed by atoms with Crippen molar-refractivity contribution >= 4 is 36.0 Å². The Bertz CT molecular complexity index is 854. The van der Waals surface area contributed by atoms with Crippen molar-refractivity contribution in [2.45, 2.75) is 39.3 Å². The highest BCUT2D eigenvalue weighted by Gasteiger charge is 2.26. The third-order valence-corrected chi connectivity index (χ3v) is 4.86. The van der Waals surface area contributed by atoms with E-state index in [2.05, 4.69) is 26.7 Å². The van der Waals surface area contributed by atoms with Gasteiger partial charge in [0.1, 0.15) is 11.4 Å². The molecule has 0 saturated carbocycles. The highest BCUT2D eigenvalue weighted by Crippen LogP contribution is 2.12. The van der Waals surface area contributed by atoms with Crippen LogP contribution in [0.5, 0.6) is 0 Å². The van der Waals surface area contributed by atoms with Gasteiger partial charge in [-0.2, -0.15) is 0 Å². The number of hydrogen-bond acceptors (Lipinski definition) is 4. The summed E-state index contributed by atoms with van der Waals surface area (Å²) in [5.74, 6) is 1.50. The first-order chi connectivity index (χ1) is 14.3. The molecule has 31 heavy (non-hydrogen) atoms. The van der Waals surface area contributed by atoms with Crippen LogP contribution in [0.1, 0.15) is 32.2 Å². The van der Waals surface area contributed by atoms with Crippen molar-refractivity contribution in [3.05, 3.63) is 54.1 Å². The van der Waals surface area contributed by atoms with Crippen molar-refractivity contribution in [1.82, 2.24) is 19.4 Å². The molecule has 1 aliphatic heterocycles. The lowest BCUT2D eigenvalue weighted by Crippen LogP contribution is -2.53. The lowest BCUT2D eigenvalue weighted by molar-refractivity contribution is 0.0186. The summed E-state index contributed by atoms with van der Waals surface area (Å²) in [6.45, 7) is 9.43. The van der Waals surface area contributed by atoms with Crippen LogP contribution in [0.2, 0.25) is 0 Å². The zero-order chi connectivity index (χ0) is 21.6. The van der Waals surface area contributed by atoms with Gasteiger partial charge in [-0.15, -0.1) is 24.0 Å². The van der Waals surface area contributed by atoms with Crippen molar-refractivity contribution < 1.29 is 9.53 Å². The molecule has 0 radical (unpaired) electrons. The molecule has 0 spiro atoms. The van der Waals surface area contributed by atoms with Gasteiger partial charge in [-0.05, 0) is 26.3 Å². The van der Waals surface area contributed by atoms with E-state index in [1.165, 1.54) is 5.56 Å². The normalized spacial score (nSPS) is 14.9. The number of halogens is 1. The number of guanidine groups is 1. The number of carbonyl (C=O) groups is 1. The average molecular weight is 540 g/mol. The third-order valence-electron chi connectivity index (χ3n) is 4.86. The minimum atomic E-state index is -0.485. The van der Waals surface area contributed by atoms with Gasteiger partial charge in [-0.25, -0.2) is 9.78 Å². The fourth-order valence-electron chi connectivity index (χ4n) is 3.31. The molecular weight excluding hydrogens is 507 g/mol. The zero-order valence-corrected chi connectivity index (χ0v) is 20.9. The van der Waals surface area contributed by atoms with Gasteiger partial charge in [-0.3, -0.25) is 4.99 Å². The van der Waals surface area contributed by atoms with E-state index in [4.69, 9.17) is 10.5 Å². The van der Waals surface area contributed by atoms with Gasteiger partial charge in [-0.1, -0.05) is 30.3 Å². The molecule has 1 aromatic heterocycles. The van der Waals surface area contributed by atoms with E-state index in [1.54, 1.807) is 4.90 Å². The fourth-order valence-corrected chi connectivity index (χ4v) is 3.31. The number of carbonyl (C=O) groups excluding carboxylic acids is 1. The topological polar surface area (TPSA) is 89.0 Å². The highest BCUT2D eigenvalue weighted by atomic mass is 127. The van der Waals surface area contributed by atoms with Crippen LogP contribution in [0.25, 0.3) is 0 Å². The highest BCUT2D eigenvalue weighted by molar-refractivity contribution is 14.0. The molecule has 1 fully saturated rings. The molecule has 2 aromatic rings. The number of hydrogen-bond donors (Lipinski definition) is 1. The summed E-state index contributed by atoms with van der Waals surface area (Å²) in [5.41, 5.74) is 6.94. The minimum absolute atomic E-state index is 0. The smallest absolute Gasteiger partial charge is 0.410 e. The lowest BCUT2D eigenvalue weighted by atomic mass is 10.2. The first-order valence-corrected chi connectivity index (χ1v) is 10.4. The maximum absolute atomic E-state index is 12.2. The van der Waals surface area contributed by atoms with E-state index in [0.29, 0.717) is 38.7 Å². The van der Waals surface area contributed by atoms with E-state index in [1.807, 2.05) is 56.3 Å². The Kier molecular flexibility index (Phi) is 9.15. The van der Waals surface area contributed by atoms with Crippen LogP contribution in [-0.4, -0.2) is 69.7 Å². The summed E-state index contributed by atoms with van der Waals surface area (Å²) in [5, 5.41) is 0. The molecule has 0 aliphatic carbocycles. The predicted octanol–water partition coefficient (Wildman–Crippen LogP) is 2.96. The molecule has 8 nitrogen and oxygen atoms in total. The summed E-state index contributed by atoms with van der Waals surface area (Å²) >= 11 is 0. The molecule has 170 valence electrons. The number of nitrogens with zero attached hydrogens (tertiary/aromatic N) is 5. The number of benzene rings is 1. The van der Waals surface area contributed by atoms with Gasteiger partial charge < -0.3 is 24.8 Å². The van der Waals surface area contributed by atoms with Crippen LogP contribution in [-0.2, 0) is 17.7 Å². The Hall–Kier alpha value is -2.30. The van der Waals surface area contributed by atoms with Crippen molar-refractivity contribution in [2.75, 3.05) is 32.7 Å². The molecule has 0 bridgehead atoms. The second-order valence-electron chi connectivity index (χ2n) is 8.40. The van der Waals surface area contributed by atoms with Crippen LogP contribution >= 0.6 is 24.0 Å². The van der Waals surface area contributed by atoms with E-state index in [9.17, 15) is 4.79 Å². The summed E-state index contributed by atoms with van der Waals surface area (Å²) in [7, 11) is 0. The number of rotatable bonds is 5. The number of ether oxygens (including phenoxy) is 1. The van der Waals surface area contributed by atoms with Gasteiger partial charge in [0, 0.05) is 58.1 Å². The summed E-state index contributed by atoms with van der Waals surface area (Å²) in [6, 6.07) is 10.3. The van der Waals surface area contributed by atoms with Crippen LogP contribution in [0.15, 0.2) is 47.7 Å². The number of imidazole rings is 1. The maximum atomic E-state index is 12.2. The van der Waals surface area contributed by atoms with Crippen molar-refractivity contribution in [3.8, 4) is 0 Å². The Morgan fingerprint density at radius 1 is 1.13 bits per heavy atom. The molecule has 1 amide bonds. The van der Waals surface area contributed by atoms with Gasteiger partial charge >= 0.3 is 6.09 Å². The molecule has 0 atom stereocenters. The number of amides is 1. The van der Waals surface area contributed by atoms with Crippen LogP contribution < -0.4 is 5.73 Å². The first kappa shape index (κ1) is 25.0. The molecule has 0 unspecified atom stereocenters. The molecular formula is C22H33IN6O2. The molecule has 1 saturated heterocycles. The minimum Gasteiger partial charge on any atom is -0.444 e. The van der Waals surface area contributed by atoms with E-state index >= 15 is 0 Å². The van der Waals surface area contributed by atoms with Gasteiger partial charge in [0.15, 0.2) is 5.96 Å². The van der Waals surface area contributed by atoms with E-state index in [0.717, 1.165) is 18.8 Å². The molecule has 1 aromatic carbocycles. The number of nitrogens with two attached hydrogens (primary N) is 1. The van der Waals surface area contributed by atoms with Crippen molar-refractivity contribution in [2.24, 2.45) is 10.7 Å². The Balaban J connectivity index is 0.00000341. The van der Waals surface area contributed by atoms with Crippen LogP contribution in [0.3, 0.4) is 0 Å². The second kappa shape index (κ2) is 11.4. The summed E-state index contributed by atoms with van der Waals surface area (Å²) in [4.78, 5) is 24.9. The maximum Gasteiger partial charge on any atom is 0.410 e. The predicted molar refractivity (Wildman–Crippen MR) is 133 cm³/mol. The van der Waals surface area contributed by atoms with E-state index < -0.39 is 5.60 Å². The summed E-state index contributed by atoms with van der Waals surface area (Å²) in [6.07, 6.45) is 4.26. The van der Waals surface area contributed by atoms with Crippen LogP contribution in [0, 0.1) is 0 Å². The molecule has 2 heterocycles. The molecule has 1 aliphatic rings. The van der Waals surface area contributed by atoms with Gasteiger partial charge in [0.2, 0.25) is 0 Å². The monoisotopic (exact) mass is 540 g/mol.